The Hall–Kier alpha value is -1.75. The van der Waals surface area contributed by atoms with E-state index in [4.69, 9.17) is 4.52 Å². The second kappa shape index (κ2) is 4.49. The van der Waals surface area contributed by atoms with Gasteiger partial charge in [0, 0.05) is 5.56 Å². The first-order chi connectivity index (χ1) is 8.74. The van der Waals surface area contributed by atoms with Crippen molar-refractivity contribution >= 4 is 0 Å². The van der Waals surface area contributed by atoms with Crippen LogP contribution in [0.25, 0.3) is 11.4 Å². The smallest absolute Gasteiger partial charge is 0.244 e. The van der Waals surface area contributed by atoms with Crippen LogP contribution in [0.1, 0.15) is 30.3 Å². The summed E-state index contributed by atoms with van der Waals surface area (Å²) in [5, 5.41) is 7.26. The van der Waals surface area contributed by atoms with E-state index in [9.17, 15) is 4.39 Å². The Morgan fingerprint density at radius 1 is 1.44 bits per heavy atom. The zero-order chi connectivity index (χ0) is 12.5. The lowest BCUT2D eigenvalue weighted by molar-refractivity contribution is 0.345. The van der Waals surface area contributed by atoms with E-state index in [-0.39, 0.29) is 11.9 Å². The fourth-order valence-corrected chi connectivity index (χ4v) is 2.17. The summed E-state index contributed by atoms with van der Waals surface area (Å²) >= 11 is 0. The average molecular weight is 247 g/mol. The van der Waals surface area contributed by atoms with Crippen molar-refractivity contribution in [3.05, 3.63) is 35.5 Å². The summed E-state index contributed by atoms with van der Waals surface area (Å²) in [4.78, 5) is 4.37. The molecule has 0 spiro atoms. The molecule has 1 fully saturated rings. The minimum Gasteiger partial charge on any atom is -0.337 e. The van der Waals surface area contributed by atoms with E-state index >= 15 is 0 Å². The molecule has 4 nitrogen and oxygen atoms in total. The molecule has 2 heterocycles. The van der Waals surface area contributed by atoms with E-state index in [0.717, 1.165) is 24.9 Å². The van der Waals surface area contributed by atoms with Crippen molar-refractivity contribution in [1.82, 2.24) is 15.5 Å². The van der Waals surface area contributed by atoms with Gasteiger partial charge in [0.1, 0.15) is 5.82 Å². The van der Waals surface area contributed by atoms with Crippen molar-refractivity contribution in [1.29, 1.82) is 0 Å². The number of hydrogen-bond acceptors (Lipinski definition) is 4. The van der Waals surface area contributed by atoms with Gasteiger partial charge in [0.2, 0.25) is 11.7 Å². The summed E-state index contributed by atoms with van der Waals surface area (Å²) < 4.78 is 18.4. The summed E-state index contributed by atoms with van der Waals surface area (Å²) in [6.07, 6.45) is 2.14. The second-order valence-corrected chi connectivity index (χ2v) is 4.57. The summed E-state index contributed by atoms with van der Waals surface area (Å²) in [6.45, 7) is 2.70. The monoisotopic (exact) mass is 247 g/mol. The van der Waals surface area contributed by atoms with E-state index in [1.807, 2.05) is 0 Å². The lowest BCUT2D eigenvalue weighted by Crippen LogP contribution is -2.12. The molecule has 0 radical (unpaired) electrons. The third-order valence-corrected chi connectivity index (χ3v) is 3.22. The molecule has 1 atom stereocenters. The molecule has 2 aromatic rings. The number of nitrogens with one attached hydrogen (secondary N) is 1. The van der Waals surface area contributed by atoms with Crippen molar-refractivity contribution in [2.24, 2.45) is 0 Å². The van der Waals surface area contributed by atoms with Crippen LogP contribution in [0.2, 0.25) is 0 Å². The summed E-state index contributed by atoms with van der Waals surface area (Å²) in [7, 11) is 0. The van der Waals surface area contributed by atoms with Gasteiger partial charge in [0.05, 0.1) is 6.04 Å². The first-order valence-electron chi connectivity index (χ1n) is 6.07. The number of halogens is 1. The fraction of sp³-hybridized carbons (Fsp3) is 0.385. The van der Waals surface area contributed by atoms with Crippen LogP contribution in [-0.4, -0.2) is 16.7 Å². The molecule has 94 valence electrons. The first-order valence-corrected chi connectivity index (χ1v) is 6.07. The summed E-state index contributed by atoms with van der Waals surface area (Å²) in [5.41, 5.74) is 1.36. The highest BCUT2D eigenvalue weighted by atomic mass is 19.1. The van der Waals surface area contributed by atoms with Gasteiger partial charge in [-0.3, -0.25) is 0 Å². The number of hydrogen-bond donors (Lipinski definition) is 1. The molecule has 1 N–H and O–H groups in total. The summed E-state index contributed by atoms with van der Waals surface area (Å²) in [6, 6.07) is 4.98. The summed E-state index contributed by atoms with van der Waals surface area (Å²) in [5.74, 6) is 0.909. The molecule has 0 aliphatic carbocycles. The number of benzene rings is 1. The topological polar surface area (TPSA) is 51.0 Å². The third kappa shape index (κ3) is 2.01. The van der Waals surface area contributed by atoms with E-state index in [1.165, 1.54) is 6.07 Å². The Bertz CT molecular complexity index is 561. The normalized spacial score (nSPS) is 19.3. The maximum atomic E-state index is 13.2. The van der Waals surface area contributed by atoms with E-state index in [2.05, 4.69) is 15.5 Å². The Morgan fingerprint density at radius 2 is 2.33 bits per heavy atom. The zero-order valence-corrected chi connectivity index (χ0v) is 10.1. The maximum absolute atomic E-state index is 13.2. The van der Waals surface area contributed by atoms with Gasteiger partial charge in [-0.2, -0.15) is 4.98 Å². The van der Waals surface area contributed by atoms with Crippen molar-refractivity contribution < 1.29 is 8.91 Å². The minimum absolute atomic E-state index is 0.160. The standard InChI is InChI=1S/C13H14FN3O/c1-8-7-9(4-5-10(8)14)12-16-13(18-17-12)11-3-2-6-15-11/h4-5,7,11,15H,2-3,6H2,1H3/t11-/m0/s1. The van der Waals surface area contributed by atoms with Gasteiger partial charge in [0.15, 0.2) is 0 Å². The van der Waals surface area contributed by atoms with Gasteiger partial charge in [-0.05, 0) is 50.1 Å². The van der Waals surface area contributed by atoms with Gasteiger partial charge in [-0.1, -0.05) is 5.16 Å². The van der Waals surface area contributed by atoms with Gasteiger partial charge in [0.25, 0.3) is 0 Å². The van der Waals surface area contributed by atoms with E-state index in [0.29, 0.717) is 17.3 Å². The third-order valence-electron chi connectivity index (χ3n) is 3.22. The van der Waals surface area contributed by atoms with Gasteiger partial charge in [-0.15, -0.1) is 0 Å². The molecule has 0 saturated carbocycles. The lowest BCUT2D eigenvalue weighted by atomic mass is 10.1. The molecule has 0 amide bonds. The Labute approximate surface area is 104 Å². The van der Waals surface area contributed by atoms with E-state index < -0.39 is 0 Å². The van der Waals surface area contributed by atoms with Crippen molar-refractivity contribution in [3.63, 3.8) is 0 Å². The zero-order valence-electron chi connectivity index (χ0n) is 10.1. The van der Waals surface area contributed by atoms with Crippen LogP contribution in [0.15, 0.2) is 22.7 Å². The van der Waals surface area contributed by atoms with Gasteiger partial charge in [-0.25, -0.2) is 4.39 Å². The molecule has 1 aromatic heterocycles. The Kier molecular flexibility index (Phi) is 2.83. The molecule has 1 aromatic carbocycles. The molecule has 1 aliphatic rings. The predicted octanol–water partition coefficient (Wildman–Crippen LogP) is 2.61. The molecule has 5 heteroatoms. The van der Waals surface area contributed by atoms with Crippen LogP contribution in [0.4, 0.5) is 4.39 Å². The lowest BCUT2D eigenvalue weighted by Gasteiger charge is -2.01. The fourth-order valence-electron chi connectivity index (χ4n) is 2.17. The van der Waals surface area contributed by atoms with Crippen LogP contribution in [-0.2, 0) is 0 Å². The van der Waals surface area contributed by atoms with Crippen LogP contribution < -0.4 is 5.32 Å². The predicted molar refractivity (Wildman–Crippen MR) is 64.4 cm³/mol. The number of aromatic nitrogens is 2. The largest absolute Gasteiger partial charge is 0.337 e. The number of aryl methyl sites for hydroxylation is 1. The van der Waals surface area contributed by atoms with Crippen LogP contribution in [0.3, 0.4) is 0 Å². The second-order valence-electron chi connectivity index (χ2n) is 4.57. The van der Waals surface area contributed by atoms with Crippen molar-refractivity contribution in [3.8, 4) is 11.4 Å². The van der Waals surface area contributed by atoms with Crippen LogP contribution in [0, 0.1) is 12.7 Å². The minimum atomic E-state index is -0.222. The Balaban J connectivity index is 1.89. The molecule has 0 unspecified atom stereocenters. The SMILES string of the molecule is Cc1cc(-c2noc([C@@H]3CCCN3)n2)ccc1F. The Morgan fingerprint density at radius 3 is 3.06 bits per heavy atom. The number of rotatable bonds is 2. The average Bonchev–Trinajstić information content (AvgIpc) is 3.01. The van der Waals surface area contributed by atoms with Crippen LogP contribution in [0.5, 0.6) is 0 Å². The highest BCUT2D eigenvalue weighted by molar-refractivity contribution is 5.55. The molecular weight excluding hydrogens is 233 g/mol. The van der Waals surface area contributed by atoms with Gasteiger partial charge >= 0.3 is 0 Å². The quantitative estimate of drug-likeness (QED) is 0.886. The van der Waals surface area contributed by atoms with Crippen LogP contribution >= 0.6 is 0 Å². The molecule has 0 bridgehead atoms. The highest BCUT2D eigenvalue weighted by Crippen LogP contribution is 2.25. The number of nitrogens with zero attached hydrogens (tertiary/aromatic N) is 2. The molecule has 18 heavy (non-hydrogen) atoms. The maximum Gasteiger partial charge on any atom is 0.244 e. The van der Waals surface area contributed by atoms with Crippen molar-refractivity contribution in [2.45, 2.75) is 25.8 Å². The van der Waals surface area contributed by atoms with E-state index in [1.54, 1.807) is 19.1 Å². The first kappa shape index (κ1) is 11.3. The molecule has 1 saturated heterocycles. The highest BCUT2D eigenvalue weighted by Gasteiger charge is 2.22. The molecule has 3 rings (SSSR count). The van der Waals surface area contributed by atoms with Crippen molar-refractivity contribution in [2.75, 3.05) is 6.54 Å². The molecular formula is C13H14FN3O. The van der Waals surface area contributed by atoms with Gasteiger partial charge < -0.3 is 9.84 Å². The molecule has 1 aliphatic heterocycles.